The van der Waals surface area contributed by atoms with Crippen LogP contribution in [-0.2, 0) is 17.7 Å². The fourth-order valence-electron chi connectivity index (χ4n) is 5.14. The van der Waals surface area contributed by atoms with Gasteiger partial charge in [0.25, 0.3) is 5.91 Å². The summed E-state index contributed by atoms with van der Waals surface area (Å²) in [5, 5.41) is 3.86. The summed E-state index contributed by atoms with van der Waals surface area (Å²) in [6.07, 6.45) is 2.03. The Hall–Kier alpha value is -3.16. The Morgan fingerprint density at radius 3 is 2.49 bits per heavy atom. The number of likely N-dealkylation sites (tertiary alicyclic amines) is 1. The number of aryl methyl sites for hydroxylation is 1. The van der Waals surface area contributed by atoms with Gasteiger partial charge < -0.3 is 14.5 Å². The molecule has 0 radical (unpaired) electrons. The molecule has 2 aliphatic rings. The zero-order valence-electron chi connectivity index (χ0n) is 20.9. The van der Waals surface area contributed by atoms with E-state index in [4.69, 9.17) is 4.74 Å². The van der Waals surface area contributed by atoms with Gasteiger partial charge in [0.2, 0.25) is 0 Å². The number of rotatable bonds is 8. The van der Waals surface area contributed by atoms with Crippen LogP contribution in [0.15, 0.2) is 72.8 Å². The maximum absolute atomic E-state index is 12.8. The lowest BCUT2D eigenvalue weighted by atomic mass is 10.0. The summed E-state index contributed by atoms with van der Waals surface area (Å²) in [6.45, 7) is 3.93. The van der Waals surface area contributed by atoms with Crippen molar-refractivity contribution in [2.45, 2.75) is 31.9 Å². The van der Waals surface area contributed by atoms with Gasteiger partial charge in [0, 0.05) is 49.2 Å². The van der Waals surface area contributed by atoms with Gasteiger partial charge in [-0.05, 0) is 48.1 Å². The molecule has 2 heterocycles. The van der Waals surface area contributed by atoms with Gasteiger partial charge in [-0.3, -0.25) is 10.1 Å². The summed E-state index contributed by atoms with van der Waals surface area (Å²) in [7, 11) is 0. The van der Waals surface area contributed by atoms with Crippen LogP contribution in [0.1, 0.15) is 34.3 Å². The number of nitrogens with one attached hydrogen (secondary N) is 1. The molecule has 0 atom stereocenters. The van der Waals surface area contributed by atoms with Gasteiger partial charge in [-0.15, -0.1) is 0 Å². The maximum atomic E-state index is 12.8. The minimum absolute atomic E-state index is 0.106. The van der Waals surface area contributed by atoms with Crippen molar-refractivity contribution in [1.82, 2.24) is 9.80 Å². The Labute approximate surface area is 226 Å². The van der Waals surface area contributed by atoms with E-state index in [2.05, 4.69) is 38.3 Å². The number of benzene rings is 3. The highest BCUT2D eigenvalue weighted by molar-refractivity contribution is 9.09. The summed E-state index contributed by atoms with van der Waals surface area (Å²) in [5.41, 5.74) is 5.99. The van der Waals surface area contributed by atoms with E-state index in [1.807, 2.05) is 65.6 Å². The number of piperidine rings is 1. The Balaban J connectivity index is 1.07. The zero-order chi connectivity index (χ0) is 25.6. The molecular weight excluding hydrogens is 530 g/mol. The molecule has 5 rings (SSSR count). The lowest BCUT2D eigenvalue weighted by Crippen LogP contribution is -2.42. The van der Waals surface area contributed by atoms with Crippen LogP contribution in [0, 0.1) is 0 Å². The molecule has 1 saturated heterocycles. The maximum Gasteiger partial charge on any atom is 0.411 e. The molecule has 6 nitrogen and oxygen atoms in total. The number of hydrogen-bond acceptors (Lipinski definition) is 4. The van der Waals surface area contributed by atoms with Crippen LogP contribution in [0.3, 0.4) is 0 Å². The molecule has 0 spiro atoms. The lowest BCUT2D eigenvalue weighted by molar-refractivity contribution is 0.0528. The number of hydrogen-bond donors (Lipinski definition) is 1. The van der Waals surface area contributed by atoms with E-state index in [-0.39, 0.29) is 12.0 Å². The first kappa shape index (κ1) is 25.5. The van der Waals surface area contributed by atoms with E-state index in [9.17, 15) is 9.59 Å². The highest BCUT2D eigenvalue weighted by Gasteiger charge is 2.28. The monoisotopic (exact) mass is 561 g/mol. The van der Waals surface area contributed by atoms with Crippen molar-refractivity contribution in [2.75, 3.05) is 36.8 Å². The molecule has 0 bridgehead atoms. The Bertz CT molecular complexity index is 1240. The molecule has 192 valence electrons. The summed E-state index contributed by atoms with van der Waals surface area (Å²) in [5.74, 6) is 0.131. The average molecular weight is 563 g/mol. The number of anilines is 1. The van der Waals surface area contributed by atoms with E-state index in [1.165, 1.54) is 5.56 Å². The molecule has 1 fully saturated rings. The predicted octanol–water partition coefficient (Wildman–Crippen LogP) is 5.96. The van der Waals surface area contributed by atoms with Crippen LogP contribution in [0.25, 0.3) is 11.1 Å². The van der Waals surface area contributed by atoms with E-state index in [0.717, 1.165) is 72.2 Å². The lowest BCUT2D eigenvalue weighted by Gasteiger charge is -2.32. The third-order valence-electron chi connectivity index (χ3n) is 7.17. The van der Waals surface area contributed by atoms with E-state index < -0.39 is 6.09 Å². The van der Waals surface area contributed by atoms with Gasteiger partial charge in [-0.25, -0.2) is 4.79 Å². The quantitative estimate of drug-likeness (QED) is 0.345. The number of halogens is 1. The fourth-order valence-corrected chi connectivity index (χ4v) is 5.60. The van der Waals surface area contributed by atoms with Crippen LogP contribution in [0.4, 0.5) is 10.5 Å². The topological polar surface area (TPSA) is 61.9 Å². The Morgan fingerprint density at radius 1 is 0.946 bits per heavy atom. The zero-order valence-corrected chi connectivity index (χ0v) is 22.5. The van der Waals surface area contributed by atoms with Gasteiger partial charge in [0.15, 0.2) is 0 Å². The second kappa shape index (κ2) is 11.9. The van der Waals surface area contributed by atoms with Crippen LogP contribution in [0.2, 0.25) is 0 Å². The smallest absolute Gasteiger partial charge is 0.411 e. The number of alkyl halides is 1. The van der Waals surface area contributed by atoms with Gasteiger partial charge in [-0.2, -0.15) is 0 Å². The first-order chi connectivity index (χ1) is 18.1. The summed E-state index contributed by atoms with van der Waals surface area (Å²) < 4.78 is 5.76. The molecule has 0 saturated carbocycles. The second-order valence-electron chi connectivity index (χ2n) is 9.64. The highest BCUT2D eigenvalue weighted by Crippen LogP contribution is 2.28. The largest absolute Gasteiger partial charge is 0.446 e. The van der Waals surface area contributed by atoms with Crippen LogP contribution in [0.5, 0.6) is 0 Å². The predicted molar refractivity (Wildman–Crippen MR) is 150 cm³/mol. The van der Waals surface area contributed by atoms with Crippen LogP contribution < -0.4 is 5.32 Å². The second-order valence-corrected chi connectivity index (χ2v) is 10.4. The standard InChI is InChI=1S/C30H32BrN3O3/c31-15-12-22-10-11-27-24(20-22)21-34(29(27)35)19-18-33-16-13-25(14-17-33)37-30(36)32-28-9-5-4-8-26(28)23-6-2-1-3-7-23/h1-11,20,25H,12-19,21H2,(H,32,36). The van der Waals surface area contributed by atoms with E-state index in [0.29, 0.717) is 13.1 Å². The van der Waals surface area contributed by atoms with Gasteiger partial charge >= 0.3 is 6.09 Å². The minimum Gasteiger partial charge on any atom is -0.446 e. The van der Waals surface area contributed by atoms with Crippen molar-refractivity contribution in [1.29, 1.82) is 0 Å². The first-order valence-electron chi connectivity index (χ1n) is 12.9. The summed E-state index contributed by atoms with van der Waals surface area (Å²) in [6, 6.07) is 24.0. The normalized spacial score (nSPS) is 16.0. The van der Waals surface area contributed by atoms with Crippen molar-refractivity contribution in [3.63, 3.8) is 0 Å². The average Bonchev–Trinajstić information content (AvgIpc) is 3.24. The van der Waals surface area contributed by atoms with Gasteiger partial charge in [0.05, 0.1) is 5.69 Å². The third kappa shape index (κ3) is 6.22. The number of carbonyl (C=O) groups excluding carboxylic acids is 2. The van der Waals surface area contributed by atoms with Crippen molar-refractivity contribution < 1.29 is 14.3 Å². The number of para-hydroxylation sites is 1. The molecule has 0 aromatic heterocycles. The molecule has 7 heteroatoms. The number of amides is 2. The number of nitrogens with zero attached hydrogens (tertiary/aromatic N) is 2. The first-order valence-corrected chi connectivity index (χ1v) is 14.0. The minimum atomic E-state index is -0.415. The number of carbonyl (C=O) groups is 2. The van der Waals surface area contributed by atoms with Crippen molar-refractivity contribution >= 4 is 33.6 Å². The molecule has 1 N–H and O–H groups in total. The Morgan fingerprint density at radius 2 is 1.70 bits per heavy atom. The van der Waals surface area contributed by atoms with E-state index >= 15 is 0 Å². The highest BCUT2D eigenvalue weighted by atomic mass is 79.9. The van der Waals surface area contributed by atoms with Gasteiger partial charge in [0.1, 0.15) is 6.10 Å². The molecule has 2 amide bonds. The molecule has 37 heavy (non-hydrogen) atoms. The SMILES string of the molecule is O=C(Nc1ccccc1-c1ccccc1)OC1CCN(CCN2Cc3cc(CCBr)ccc3C2=O)CC1. The summed E-state index contributed by atoms with van der Waals surface area (Å²) in [4.78, 5) is 29.8. The number of fused-ring (bicyclic) bond motifs is 1. The van der Waals surface area contributed by atoms with Crippen molar-refractivity contribution in [2.24, 2.45) is 0 Å². The molecule has 0 unspecified atom stereocenters. The molecule has 3 aromatic carbocycles. The van der Waals surface area contributed by atoms with Crippen LogP contribution >= 0.6 is 15.9 Å². The summed E-state index contributed by atoms with van der Waals surface area (Å²) >= 11 is 3.49. The number of ether oxygens (including phenoxy) is 1. The third-order valence-corrected chi connectivity index (χ3v) is 7.57. The van der Waals surface area contributed by atoms with Crippen LogP contribution in [-0.4, -0.2) is 59.4 Å². The van der Waals surface area contributed by atoms with Crippen molar-refractivity contribution in [3.05, 3.63) is 89.5 Å². The fraction of sp³-hybridized carbons (Fsp3) is 0.333. The van der Waals surface area contributed by atoms with Gasteiger partial charge in [-0.1, -0.05) is 76.6 Å². The van der Waals surface area contributed by atoms with E-state index in [1.54, 1.807) is 0 Å². The van der Waals surface area contributed by atoms with Crippen molar-refractivity contribution in [3.8, 4) is 11.1 Å². The molecule has 3 aromatic rings. The molecule has 0 aliphatic carbocycles. The molecular formula is C30H32BrN3O3. The molecule has 2 aliphatic heterocycles. The Kier molecular flexibility index (Phi) is 8.21.